The summed E-state index contributed by atoms with van der Waals surface area (Å²) in [6.07, 6.45) is 3.94. The molecule has 0 aliphatic carbocycles. The van der Waals surface area contributed by atoms with Gasteiger partial charge in [-0.3, -0.25) is 4.79 Å². The Kier molecular flexibility index (Phi) is 2.60. The topological polar surface area (TPSA) is 52.1 Å². The summed E-state index contributed by atoms with van der Waals surface area (Å²) in [6.45, 7) is 2.79. The molecule has 0 aromatic carbocycles. The number of hydrogen-bond donors (Lipinski definition) is 0. The second-order valence-electron chi connectivity index (χ2n) is 3.60. The number of aromatic nitrogens is 2. The van der Waals surface area contributed by atoms with Gasteiger partial charge in [0.1, 0.15) is 10.6 Å². The normalized spacial score (nSPS) is 27.5. The number of ether oxygens (including phenoxy) is 1. The number of nitrogens with zero attached hydrogens (tertiary/aromatic N) is 2. The predicted molar refractivity (Wildman–Crippen MR) is 52.5 cm³/mol. The lowest BCUT2D eigenvalue weighted by Gasteiger charge is -2.31. The summed E-state index contributed by atoms with van der Waals surface area (Å²) in [6, 6.07) is 0. The molecular weight excluding hydrogens is 200 g/mol. The molecule has 4 nitrogen and oxygen atoms in total. The third kappa shape index (κ3) is 1.69. The van der Waals surface area contributed by atoms with E-state index < -0.39 is 0 Å². The molecule has 1 aromatic heterocycles. The largest absolute Gasteiger partial charge is 0.368 e. The molecule has 76 valence electrons. The van der Waals surface area contributed by atoms with E-state index in [4.69, 9.17) is 4.74 Å². The maximum Gasteiger partial charge on any atom is 0.180 e. The van der Waals surface area contributed by atoms with Crippen LogP contribution in [-0.2, 0) is 10.3 Å². The van der Waals surface area contributed by atoms with Crippen LogP contribution in [0.2, 0.25) is 0 Å². The Bertz CT molecular complexity index is 331. The Morgan fingerprint density at radius 3 is 2.93 bits per heavy atom. The van der Waals surface area contributed by atoms with Crippen molar-refractivity contribution in [2.75, 3.05) is 6.61 Å². The fourth-order valence-corrected chi connectivity index (χ4v) is 2.38. The number of carbonyl (C=O) groups is 1. The van der Waals surface area contributed by atoms with Crippen LogP contribution in [0, 0.1) is 0 Å². The number of aldehydes is 1. The summed E-state index contributed by atoms with van der Waals surface area (Å²) in [5.41, 5.74) is -0.322. The molecular formula is C9H12N2O2S. The average Bonchev–Trinajstić information content (AvgIpc) is 2.67. The summed E-state index contributed by atoms with van der Waals surface area (Å²) < 4.78 is 5.70. The molecule has 0 spiro atoms. The smallest absolute Gasteiger partial charge is 0.180 e. The van der Waals surface area contributed by atoms with E-state index in [0.29, 0.717) is 5.01 Å². The zero-order chi connectivity index (χ0) is 10.0. The van der Waals surface area contributed by atoms with Crippen LogP contribution in [0.3, 0.4) is 0 Å². The number of carbonyl (C=O) groups excluding carboxylic acids is 1. The van der Waals surface area contributed by atoms with E-state index in [9.17, 15) is 4.79 Å². The first-order valence-corrected chi connectivity index (χ1v) is 5.49. The Hall–Kier alpha value is -0.810. The van der Waals surface area contributed by atoms with Crippen LogP contribution in [0.1, 0.15) is 41.0 Å². The van der Waals surface area contributed by atoms with Crippen molar-refractivity contribution in [3.05, 3.63) is 10.0 Å². The first-order chi connectivity index (χ1) is 6.74. The average molecular weight is 212 g/mol. The maximum atomic E-state index is 10.5. The highest BCUT2D eigenvalue weighted by atomic mass is 32.1. The van der Waals surface area contributed by atoms with Crippen LogP contribution < -0.4 is 0 Å². The van der Waals surface area contributed by atoms with E-state index in [0.717, 1.165) is 37.2 Å². The minimum absolute atomic E-state index is 0.322. The van der Waals surface area contributed by atoms with Crippen LogP contribution in [0.15, 0.2) is 0 Å². The minimum Gasteiger partial charge on any atom is -0.368 e. The van der Waals surface area contributed by atoms with E-state index in [1.54, 1.807) is 0 Å². The van der Waals surface area contributed by atoms with Gasteiger partial charge in [0.15, 0.2) is 11.3 Å². The molecule has 1 fully saturated rings. The SMILES string of the molecule is CC1(c2nnc(C=O)s2)CCCCO1. The van der Waals surface area contributed by atoms with Gasteiger partial charge in [-0.1, -0.05) is 11.3 Å². The van der Waals surface area contributed by atoms with Crippen LogP contribution in [-0.4, -0.2) is 23.1 Å². The summed E-state index contributed by atoms with van der Waals surface area (Å²) in [5.74, 6) is 0. The van der Waals surface area contributed by atoms with Gasteiger partial charge in [-0.15, -0.1) is 10.2 Å². The van der Waals surface area contributed by atoms with Gasteiger partial charge < -0.3 is 4.74 Å². The minimum atomic E-state index is -0.322. The molecule has 0 radical (unpaired) electrons. The molecule has 1 aliphatic rings. The van der Waals surface area contributed by atoms with E-state index >= 15 is 0 Å². The van der Waals surface area contributed by atoms with Crippen molar-refractivity contribution in [1.82, 2.24) is 10.2 Å². The molecule has 5 heteroatoms. The second kappa shape index (κ2) is 3.74. The highest BCUT2D eigenvalue weighted by Crippen LogP contribution is 2.35. The van der Waals surface area contributed by atoms with E-state index in [-0.39, 0.29) is 5.60 Å². The fraction of sp³-hybridized carbons (Fsp3) is 0.667. The molecule has 1 saturated heterocycles. The standard InChI is InChI=1S/C9H12N2O2S/c1-9(4-2-3-5-13-9)8-11-10-7(6-12)14-8/h6H,2-5H2,1H3. The maximum absolute atomic E-state index is 10.5. The van der Waals surface area contributed by atoms with Crippen LogP contribution >= 0.6 is 11.3 Å². The first kappa shape index (κ1) is 9.73. The van der Waals surface area contributed by atoms with Crippen LogP contribution in [0.5, 0.6) is 0 Å². The lowest BCUT2D eigenvalue weighted by atomic mass is 9.97. The zero-order valence-electron chi connectivity index (χ0n) is 8.02. The molecule has 0 saturated carbocycles. The van der Waals surface area contributed by atoms with Crippen molar-refractivity contribution < 1.29 is 9.53 Å². The van der Waals surface area contributed by atoms with Crippen LogP contribution in [0.25, 0.3) is 0 Å². The molecule has 0 N–H and O–H groups in total. The Morgan fingerprint density at radius 2 is 2.36 bits per heavy atom. The molecule has 14 heavy (non-hydrogen) atoms. The van der Waals surface area contributed by atoms with Gasteiger partial charge in [0, 0.05) is 6.61 Å². The highest BCUT2D eigenvalue weighted by molar-refractivity contribution is 7.13. The lowest BCUT2D eigenvalue weighted by molar-refractivity contribution is -0.0705. The summed E-state index contributed by atoms with van der Waals surface area (Å²) in [4.78, 5) is 10.5. The molecule has 2 heterocycles. The molecule has 1 aromatic rings. The molecule has 0 amide bonds. The van der Waals surface area contributed by atoms with E-state index in [1.807, 2.05) is 6.92 Å². The van der Waals surface area contributed by atoms with Gasteiger partial charge in [-0.25, -0.2) is 0 Å². The van der Waals surface area contributed by atoms with Crippen molar-refractivity contribution in [1.29, 1.82) is 0 Å². The quantitative estimate of drug-likeness (QED) is 0.701. The van der Waals surface area contributed by atoms with Gasteiger partial charge in [-0.2, -0.15) is 0 Å². The van der Waals surface area contributed by atoms with Crippen molar-refractivity contribution in [2.24, 2.45) is 0 Å². The molecule has 2 rings (SSSR count). The van der Waals surface area contributed by atoms with Crippen molar-refractivity contribution in [3.8, 4) is 0 Å². The fourth-order valence-electron chi connectivity index (χ4n) is 1.60. The summed E-state index contributed by atoms with van der Waals surface area (Å²) >= 11 is 1.32. The first-order valence-electron chi connectivity index (χ1n) is 4.68. The van der Waals surface area contributed by atoms with Crippen molar-refractivity contribution in [3.63, 3.8) is 0 Å². The number of hydrogen-bond acceptors (Lipinski definition) is 5. The Balaban J connectivity index is 2.23. The van der Waals surface area contributed by atoms with Crippen molar-refractivity contribution in [2.45, 2.75) is 31.8 Å². The van der Waals surface area contributed by atoms with Crippen LogP contribution in [0.4, 0.5) is 0 Å². The Labute approximate surface area is 86.3 Å². The third-order valence-electron chi connectivity index (χ3n) is 2.46. The lowest BCUT2D eigenvalue weighted by Crippen LogP contribution is -2.29. The summed E-state index contributed by atoms with van der Waals surface area (Å²) in [5, 5.41) is 9.02. The molecule has 1 aliphatic heterocycles. The third-order valence-corrected chi connectivity index (χ3v) is 3.56. The van der Waals surface area contributed by atoms with Crippen molar-refractivity contribution >= 4 is 17.6 Å². The number of rotatable bonds is 2. The van der Waals surface area contributed by atoms with Gasteiger partial charge in [0.25, 0.3) is 0 Å². The molecule has 0 bridgehead atoms. The second-order valence-corrected chi connectivity index (χ2v) is 4.61. The van der Waals surface area contributed by atoms with Gasteiger partial charge >= 0.3 is 0 Å². The molecule has 1 atom stereocenters. The van der Waals surface area contributed by atoms with Gasteiger partial charge in [0.05, 0.1) is 0 Å². The predicted octanol–water partition coefficient (Wildman–Crippen LogP) is 1.77. The highest BCUT2D eigenvalue weighted by Gasteiger charge is 2.33. The Morgan fingerprint density at radius 1 is 1.50 bits per heavy atom. The van der Waals surface area contributed by atoms with Gasteiger partial charge in [-0.05, 0) is 26.2 Å². The summed E-state index contributed by atoms with van der Waals surface area (Å²) in [7, 11) is 0. The monoisotopic (exact) mass is 212 g/mol. The molecule has 1 unspecified atom stereocenters. The van der Waals surface area contributed by atoms with E-state index in [1.165, 1.54) is 11.3 Å². The van der Waals surface area contributed by atoms with E-state index in [2.05, 4.69) is 10.2 Å². The van der Waals surface area contributed by atoms with Gasteiger partial charge in [0.2, 0.25) is 0 Å². The zero-order valence-corrected chi connectivity index (χ0v) is 8.84.